The van der Waals surface area contributed by atoms with Crippen molar-refractivity contribution in [3.05, 3.63) is 0 Å². The van der Waals surface area contributed by atoms with Gasteiger partial charge in [0.1, 0.15) is 0 Å². The summed E-state index contributed by atoms with van der Waals surface area (Å²) in [5.74, 6) is -0.179. The SMILES string of the molecule is CC(C)(C)[Si](C)(C)[Si](=[Ge])[Si](C)(C)C(C)(C)C.C[Si](C)C(C)(C)C.C[Si](C)C(C)(C)C. The maximum Gasteiger partial charge on any atom is 0.0470 e. The summed E-state index contributed by atoms with van der Waals surface area (Å²) in [6.45, 7) is 48.6. The second-order valence-electron chi connectivity index (χ2n) is 14.6. The molecule has 0 saturated heterocycles. The Balaban J connectivity index is -0.000000430. The van der Waals surface area contributed by atoms with E-state index in [9.17, 15) is 0 Å². The van der Waals surface area contributed by atoms with E-state index in [4.69, 9.17) is 0 Å². The molecular weight excluding hydrogens is 501 g/mol. The van der Waals surface area contributed by atoms with Gasteiger partial charge >= 0.3 is 114 Å². The van der Waals surface area contributed by atoms with Gasteiger partial charge in [-0.05, 0) is 10.1 Å². The molecule has 30 heavy (non-hydrogen) atoms. The largest absolute Gasteiger partial charge is 0.0709 e. The maximum atomic E-state index is 2.65. The summed E-state index contributed by atoms with van der Waals surface area (Å²) >= 11 is 2.65. The van der Waals surface area contributed by atoms with Crippen molar-refractivity contribution < 1.29 is 0 Å². The second-order valence-corrected chi connectivity index (χ2v) is 53.3. The van der Waals surface area contributed by atoms with Crippen LogP contribution in [0.1, 0.15) is 83.1 Å². The van der Waals surface area contributed by atoms with E-state index in [1.54, 1.807) is 0 Å². The average molecular weight is 562 g/mol. The minimum absolute atomic E-state index is 0.0502. The van der Waals surface area contributed by atoms with Crippen LogP contribution in [0.4, 0.5) is 0 Å². The molecule has 0 aromatic carbocycles. The average Bonchev–Trinajstić information content (AvgIpc) is 2.43. The van der Waals surface area contributed by atoms with E-state index in [0.717, 1.165) is 0 Å². The molecule has 0 fully saturated rings. The fourth-order valence-electron chi connectivity index (χ4n) is 1.53. The van der Waals surface area contributed by atoms with E-state index >= 15 is 0 Å². The minimum atomic E-state index is -1.09. The van der Waals surface area contributed by atoms with Crippen LogP contribution in [0.2, 0.25) is 72.5 Å². The molecule has 4 radical (unpaired) electrons. The zero-order valence-corrected chi connectivity index (χ0v) is 32.1. The molecule has 0 rings (SSSR count). The Kier molecular flexibility index (Phi) is 14.9. The fraction of sp³-hybridized carbons (Fsp3) is 1.00. The Bertz CT molecular complexity index is 462. The van der Waals surface area contributed by atoms with Gasteiger partial charge in [-0.2, -0.15) is 0 Å². The summed E-state index contributed by atoms with van der Waals surface area (Å²) in [5, 5.41) is 2.33. The third-order valence-electron chi connectivity index (χ3n) is 8.00. The Morgan fingerprint density at radius 2 is 0.600 bits per heavy atom. The van der Waals surface area contributed by atoms with Gasteiger partial charge in [-0.25, -0.2) is 0 Å². The van der Waals surface area contributed by atoms with Crippen molar-refractivity contribution in [1.29, 1.82) is 0 Å². The molecule has 0 aromatic rings. The molecule has 0 aromatic heterocycles. The molecule has 0 atom stereocenters. The molecule has 0 heterocycles. The summed E-state index contributed by atoms with van der Waals surface area (Å²) < 4.78 is 0. The minimum Gasteiger partial charge on any atom is -0.0709 e. The predicted octanol–water partition coefficient (Wildman–Crippen LogP) is 9.40. The van der Waals surface area contributed by atoms with Gasteiger partial charge in [-0.3, -0.25) is 0 Å². The summed E-state index contributed by atoms with van der Waals surface area (Å²) in [6, 6.07) is 0. The van der Waals surface area contributed by atoms with Crippen molar-refractivity contribution >= 4 is 54.0 Å². The molecule has 0 aliphatic heterocycles. The monoisotopic (exact) mass is 562 g/mol. The zero-order chi connectivity index (χ0) is 25.7. The van der Waals surface area contributed by atoms with Crippen LogP contribution < -0.4 is 0 Å². The molecule has 0 aliphatic carbocycles. The van der Waals surface area contributed by atoms with E-state index in [1.165, 1.54) is 0 Å². The maximum absolute atomic E-state index is 2.65. The van der Waals surface area contributed by atoms with Crippen molar-refractivity contribution in [2.24, 2.45) is 0 Å². The number of rotatable bonds is 2. The zero-order valence-electron chi connectivity index (χ0n) is 25.0. The van der Waals surface area contributed by atoms with Crippen LogP contribution in [0.25, 0.3) is 0 Å². The summed E-state index contributed by atoms with van der Waals surface area (Å²) in [5.41, 5.74) is 0. The Morgan fingerprint density at radius 1 is 0.467 bits per heavy atom. The molecule has 6 heteroatoms. The first-order valence-corrected chi connectivity index (χ1v) is 29.4. The van der Waals surface area contributed by atoms with Crippen LogP contribution in [0.15, 0.2) is 0 Å². The third kappa shape index (κ3) is 12.8. The van der Waals surface area contributed by atoms with E-state index in [1.807, 2.05) is 0 Å². The first-order chi connectivity index (χ1) is 12.5. The Hall–Kier alpha value is 1.63. The van der Waals surface area contributed by atoms with Crippen LogP contribution in [0.5, 0.6) is 0 Å². The quantitative estimate of drug-likeness (QED) is 0.295. The van der Waals surface area contributed by atoms with Gasteiger partial charge in [0.2, 0.25) is 0 Å². The van der Waals surface area contributed by atoms with Crippen LogP contribution in [0, 0.1) is 0 Å². The molecule has 0 amide bonds. The predicted molar refractivity (Wildman–Crippen MR) is 160 cm³/mol. The smallest absolute Gasteiger partial charge is 0.0470 e. The summed E-state index contributed by atoms with van der Waals surface area (Å²) in [4.78, 5) is 0. The van der Waals surface area contributed by atoms with E-state index in [-0.39, 0.29) is 23.5 Å². The summed E-state index contributed by atoms with van der Waals surface area (Å²) in [7, 11) is -2.28. The molecule has 0 unspecified atom stereocenters. The van der Waals surface area contributed by atoms with Crippen LogP contribution >= 0.6 is 0 Å². The van der Waals surface area contributed by atoms with Crippen LogP contribution in [-0.2, 0) is 0 Å². The number of hydrogen-bond acceptors (Lipinski definition) is 0. The molecule has 0 bridgehead atoms. The van der Waals surface area contributed by atoms with Crippen LogP contribution in [0.3, 0.4) is 0 Å². The number of hydrogen-bond donors (Lipinski definition) is 0. The molecule has 0 N–H and O–H groups in total. The molecule has 0 spiro atoms. The molecular formula is C24H60GeSi5. The normalized spacial score (nSPS) is 14.1. The Labute approximate surface area is 208 Å². The Morgan fingerprint density at radius 3 is 0.667 bits per heavy atom. The van der Waals surface area contributed by atoms with Crippen molar-refractivity contribution in [3.8, 4) is 0 Å². The van der Waals surface area contributed by atoms with Crippen molar-refractivity contribution in [1.82, 2.24) is 0 Å². The first kappa shape index (κ1) is 36.2. The van der Waals surface area contributed by atoms with Gasteiger partial charge in [0.05, 0.1) is 0 Å². The van der Waals surface area contributed by atoms with Gasteiger partial charge in [0.15, 0.2) is 0 Å². The van der Waals surface area contributed by atoms with Gasteiger partial charge in [-0.15, -0.1) is 0 Å². The van der Waals surface area contributed by atoms with Crippen molar-refractivity contribution in [3.63, 3.8) is 0 Å². The molecule has 0 nitrogen and oxygen atoms in total. The van der Waals surface area contributed by atoms with Gasteiger partial charge in [0.25, 0.3) is 0 Å². The van der Waals surface area contributed by atoms with Gasteiger partial charge < -0.3 is 0 Å². The summed E-state index contributed by atoms with van der Waals surface area (Å²) in [6.07, 6.45) is 0. The first-order valence-electron chi connectivity index (χ1n) is 11.8. The van der Waals surface area contributed by atoms with E-state index < -0.39 is 15.2 Å². The standard InChI is InChI=1S/C12H30GeSi3.2C6H15Si/c1-11(2,3)15(7,8)14(13)16(9,10)12(4,5)6;2*1-6(2,3)7(4)5/h1-10H3;2*1-5H3. The van der Waals surface area contributed by atoms with E-state index in [2.05, 4.69) is 151 Å². The topological polar surface area (TPSA) is 0 Å². The molecule has 0 saturated carbocycles. The van der Waals surface area contributed by atoms with Crippen molar-refractivity contribution in [2.75, 3.05) is 0 Å². The van der Waals surface area contributed by atoms with Gasteiger partial charge in [-0.1, -0.05) is 67.7 Å². The van der Waals surface area contributed by atoms with Crippen molar-refractivity contribution in [2.45, 2.75) is 156 Å². The van der Waals surface area contributed by atoms with Crippen LogP contribution in [-0.4, -0.2) is 54.0 Å². The second kappa shape index (κ2) is 12.4. The molecule has 180 valence electrons. The fourth-order valence-corrected chi connectivity index (χ4v) is 48.8. The third-order valence-corrected chi connectivity index (χ3v) is 70.9. The van der Waals surface area contributed by atoms with Gasteiger partial charge in [0, 0.05) is 17.6 Å². The van der Waals surface area contributed by atoms with E-state index in [0.29, 0.717) is 20.2 Å². The molecule has 0 aliphatic rings.